The Balaban J connectivity index is 1.49. The highest BCUT2D eigenvalue weighted by Crippen LogP contribution is 2.21. The molecule has 1 aromatic heterocycles. The minimum Gasteiger partial charge on any atom is -0.439 e. The van der Waals surface area contributed by atoms with Crippen LogP contribution in [-0.4, -0.2) is 41.6 Å². The number of hydrogen-bond donors (Lipinski definition) is 2. The topological polar surface area (TPSA) is 66.5 Å². The zero-order valence-electron chi connectivity index (χ0n) is 16.1. The number of aryl methyl sites for hydroxylation is 1. The first-order valence-electron chi connectivity index (χ1n) is 9.69. The lowest BCUT2D eigenvalue weighted by atomic mass is 10.1. The number of ether oxygens (including phenoxy) is 1. The molecule has 0 radical (unpaired) electrons. The van der Waals surface area contributed by atoms with E-state index in [1.165, 1.54) is 5.56 Å². The van der Waals surface area contributed by atoms with Crippen molar-refractivity contribution < 1.29 is 9.53 Å². The standard InChI is InChI=1S/C21H28N4O2/c1-3-16-6-5-7-19(14-16)27-20-9-8-18(15-22-20)24-21(26)23-17-10-12-25(4-2)13-11-17/h5-9,14-15,17H,3-4,10-13H2,1-2H3,(H2,23,24,26). The summed E-state index contributed by atoms with van der Waals surface area (Å²) in [5, 5.41) is 5.89. The van der Waals surface area contributed by atoms with Gasteiger partial charge >= 0.3 is 6.03 Å². The molecule has 0 atom stereocenters. The number of aromatic nitrogens is 1. The average molecular weight is 368 g/mol. The van der Waals surface area contributed by atoms with Crippen LogP contribution in [0.1, 0.15) is 32.3 Å². The lowest BCUT2D eigenvalue weighted by molar-refractivity contribution is 0.203. The van der Waals surface area contributed by atoms with Crippen molar-refractivity contribution in [3.05, 3.63) is 48.2 Å². The molecule has 1 aliphatic rings. The number of carbonyl (C=O) groups excluding carboxylic acids is 1. The smallest absolute Gasteiger partial charge is 0.319 e. The first-order chi connectivity index (χ1) is 13.2. The van der Waals surface area contributed by atoms with E-state index in [0.717, 1.165) is 44.6 Å². The molecule has 6 nitrogen and oxygen atoms in total. The SMILES string of the molecule is CCc1cccc(Oc2ccc(NC(=O)NC3CCN(CC)CC3)cn2)c1. The zero-order valence-corrected chi connectivity index (χ0v) is 16.1. The Morgan fingerprint density at radius 3 is 2.70 bits per heavy atom. The Morgan fingerprint density at radius 1 is 1.22 bits per heavy atom. The van der Waals surface area contributed by atoms with Gasteiger partial charge in [-0.15, -0.1) is 0 Å². The highest BCUT2D eigenvalue weighted by molar-refractivity contribution is 5.89. The van der Waals surface area contributed by atoms with Crippen LogP contribution in [0.3, 0.4) is 0 Å². The van der Waals surface area contributed by atoms with Crippen molar-refractivity contribution in [2.24, 2.45) is 0 Å². The third-order valence-electron chi connectivity index (χ3n) is 4.89. The van der Waals surface area contributed by atoms with Gasteiger partial charge in [-0.2, -0.15) is 0 Å². The Morgan fingerprint density at radius 2 is 2.04 bits per heavy atom. The lowest BCUT2D eigenvalue weighted by Crippen LogP contribution is -2.45. The summed E-state index contributed by atoms with van der Waals surface area (Å²) in [6.07, 6.45) is 4.55. The summed E-state index contributed by atoms with van der Waals surface area (Å²) in [7, 11) is 0. The van der Waals surface area contributed by atoms with Gasteiger partial charge in [0.15, 0.2) is 0 Å². The summed E-state index contributed by atoms with van der Waals surface area (Å²) >= 11 is 0. The summed E-state index contributed by atoms with van der Waals surface area (Å²) < 4.78 is 5.78. The fraction of sp³-hybridized carbons (Fsp3) is 0.429. The predicted octanol–water partition coefficient (Wildman–Crippen LogP) is 4.04. The van der Waals surface area contributed by atoms with E-state index in [0.29, 0.717) is 11.6 Å². The summed E-state index contributed by atoms with van der Waals surface area (Å²) in [5.41, 5.74) is 1.86. The van der Waals surface area contributed by atoms with Crippen molar-refractivity contribution in [1.82, 2.24) is 15.2 Å². The number of piperidine rings is 1. The van der Waals surface area contributed by atoms with Gasteiger partial charge < -0.3 is 20.3 Å². The van der Waals surface area contributed by atoms with E-state index >= 15 is 0 Å². The second-order valence-electron chi connectivity index (χ2n) is 6.80. The van der Waals surface area contributed by atoms with Gasteiger partial charge in [0.25, 0.3) is 0 Å². The Labute approximate surface area is 160 Å². The molecule has 144 valence electrons. The molecule has 1 aliphatic heterocycles. The van der Waals surface area contributed by atoms with Crippen molar-refractivity contribution in [1.29, 1.82) is 0 Å². The molecule has 0 saturated carbocycles. The quantitative estimate of drug-likeness (QED) is 0.807. The maximum Gasteiger partial charge on any atom is 0.319 e. The lowest BCUT2D eigenvalue weighted by Gasteiger charge is -2.31. The van der Waals surface area contributed by atoms with Crippen molar-refractivity contribution in [3.8, 4) is 11.6 Å². The molecule has 2 heterocycles. The molecule has 6 heteroatoms. The number of urea groups is 1. The highest BCUT2D eigenvalue weighted by atomic mass is 16.5. The van der Waals surface area contributed by atoms with E-state index in [1.807, 2.05) is 18.2 Å². The van der Waals surface area contributed by atoms with E-state index < -0.39 is 0 Å². The van der Waals surface area contributed by atoms with Gasteiger partial charge in [0.2, 0.25) is 5.88 Å². The molecule has 2 aromatic rings. The Kier molecular flexibility index (Phi) is 6.65. The van der Waals surface area contributed by atoms with E-state index in [2.05, 4.69) is 40.4 Å². The number of likely N-dealkylation sites (tertiary alicyclic amines) is 1. The van der Waals surface area contributed by atoms with Crippen molar-refractivity contribution in [2.75, 3.05) is 25.0 Å². The van der Waals surface area contributed by atoms with Crippen molar-refractivity contribution >= 4 is 11.7 Å². The van der Waals surface area contributed by atoms with Crippen LogP contribution in [-0.2, 0) is 6.42 Å². The van der Waals surface area contributed by atoms with Crippen LogP contribution in [0.4, 0.5) is 10.5 Å². The van der Waals surface area contributed by atoms with E-state index in [1.54, 1.807) is 18.3 Å². The minimum atomic E-state index is -0.184. The van der Waals surface area contributed by atoms with E-state index in [9.17, 15) is 4.79 Å². The molecule has 1 saturated heterocycles. The molecule has 0 unspecified atom stereocenters. The third-order valence-corrected chi connectivity index (χ3v) is 4.89. The first-order valence-corrected chi connectivity index (χ1v) is 9.69. The number of pyridine rings is 1. The predicted molar refractivity (Wildman–Crippen MR) is 107 cm³/mol. The maximum absolute atomic E-state index is 12.2. The number of amides is 2. The van der Waals surface area contributed by atoms with Crippen LogP contribution in [0.25, 0.3) is 0 Å². The van der Waals surface area contributed by atoms with E-state index in [-0.39, 0.29) is 12.1 Å². The summed E-state index contributed by atoms with van der Waals surface area (Å²) in [6, 6.07) is 11.6. The van der Waals surface area contributed by atoms with Gasteiger partial charge in [-0.3, -0.25) is 0 Å². The maximum atomic E-state index is 12.2. The Bertz CT molecular complexity index is 740. The van der Waals surface area contributed by atoms with Gasteiger partial charge in [0.05, 0.1) is 11.9 Å². The normalized spacial score (nSPS) is 15.3. The van der Waals surface area contributed by atoms with Crippen LogP contribution in [0.2, 0.25) is 0 Å². The van der Waals surface area contributed by atoms with Crippen LogP contribution in [0.15, 0.2) is 42.6 Å². The number of anilines is 1. The van der Waals surface area contributed by atoms with Crippen LogP contribution in [0.5, 0.6) is 11.6 Å². The molecular weight excluding hydrogens is 340 g/mol. The van der Waals surface area contributed by atoms with E-state index in [4.69, 9.17) is 4.74 Å². The number of hydrogen-bond acceptors (Lipinski definition) is 4. The van der Waals surface area contributed by atoms with Gasteiger partial charge in [0.1, 0.15) is 5.75 Å². The molecule has 2 amide bonds. The van der Waals surface area contributed by atoms with Gasteiger partial charge in [-0.25, -0.2) is 9.78 Å². The number of nitrogens with one attached hydrogen (secondary N) is 2. The fourth-order valence-corrected chi connectivity index (χ4v) is 3.21. The molecule has 1 fully saturated rings. The zero-order chi connectivity index (χ0) is 19.1. The minimum absolute atomic E-state index is 0.184. The van der Waals surface area contributed by atoms with Gasteiger partial charge in [-0.1, -0.05) is 26.0 Å². The fourth-order valence-electron chi connectivity index (χ4n) is 3.21. The molecule has 1 aromatic carbocycles. The van der Waals surface area contributed by atoms with Gasteiger partial charge in [0, 0.05) is 25.2 Å². The number of benzene rings is 1. The molecule has 27 heavy (non-hydrogen) atoms. The third kappa shape index (κ3) is 5.69. The summed E-state index contributed by atoms with van der Waals surface area (Å²) in [5.74, 6) is 1.26. The molecule has 0 aliphatic carbocycles. The Hall–Kier alpha value is -2.60. The molecule has 2 N–H and O–H groups in total. The van der Waals surface area contributed by atoms with Crippen LogP contribution in [0, 0.1) is 0 Å². The first kappa shape index (κ1) is 19.2. The molecule has 3 rings (SSSR count). The average Bonchev–Trinajstić information content (AvgIpc) is 2.70. The van der Waals surface area contributed by atoms with Crippen molar-refractivity contribution in [3.63, 3.8) is 0 Å². The summed E-state index contributed by atoms with van der Waals surface area (Å²) in [6.45, 7) is 7.42. The number of nitrogens with zero attached hydrogens (tertiary/aromatic N) is 2. The number of carbonyl (C=O) groups is 1. The second kappa shape index (κ2) is 9.37. The molecule has 0 bridgehead atoms. The number of rotatable bonds is 6. The highest BCUT2D eigenvalue weighted by Gasteiger charge is 2.19. The summed E-state index contributed by atoms with van der Waals surface area (Å²) in [4.78, 5) is 18.9. The van der Waals surface area contributed by atoms with Crippen molar-refractivity contribution in [2.45, 2.75) is 39.2 Å². The molecular formula is C21H28N4O2. The van der Waals surface area contributed by atoms with Crippen LogP contribution < -0.4 is 15.4 Å². The van der Waals surface area contributed by atoms with Gasteiger partial charge in [-0.05, 0) is 49.6 Å². The molecule has 0 spiro atoms. The monoisotopic (exact) mass is 368 g/mol. The second-order valence-corrected chi connectivity index (χ2v) is 6.80. The van der Waals surface area contributed by atoms with Crippen LogP contribution >= 0.6 is 0 Å². The largest absolute Gasteiger partial charge is 0.439 e.